The van der Waals surface area contributed by atoms with E-state index in [-0.39, 0.29) is 0 Å². The Labute approximate surface area is 92.0 Å². The van der Waals surface area contributed by atoms with E-state index in [2.05, 4.69) is 10.5 Å². The van der Waals surface area contributed by atoms with E-state index < -0.39 is 0 Å². The van der Waals surface area contributed by atoms with E-state index in [4.69, 9.17) is 21.9 Å². The zero-order chi connectivity index (χ0) is 10.7. The summed E-state index contributed by atoms with van der Waals surface area (Å²) in [5, 5.41) is 7.54. The van der Waals surface area contributed by atoms with Gasteiger partial charge in [0.1, 0.15) is 12.0 Å². The molecule has 1 aromatic heterocycles. The first-order valence-electron chi connectivity index (χ1n) is 4.44. The summed E-state index contributed by atoms with van der Waals surface area (Å²) in [6.07, 6.45) is 1.53. The molecule has 0 bridgehead atoms. The fraction of sp³-hybridized carbons (Fsp3) is 0.100. The van der Waals surface area contributed by atoms with Crippen molar-refractivity contribution in [1.82, 2.24) is 5.16 Å². The minimum atomic E-state index is 0.572. The first-order chi connectivity index (χ1) is 7.25. The Morgan fingerprint density at radius 1 is 1.40 bits per heavy atom. The average molecular weight is 224 g/mol. The van der Waals surface area contributed by atoms with Gasteiger partial charge in [0, 0.05) is 11.1 Å². The summed E-state index contributed by atoms with van der Waals surface area (Å²) in [6, 6.07) is 7.10. The first kappa shape index (κ1) is 9.86. The summed E-state index contributed by atoms with van der Waals surface area (Å²) in [7, 11) is 0. The number of hydrogen-bond acceptors (Lipinski definition) is 4. The van der Waals surface area contributed by atoms with Crippen LogP contribution in [0.3, 0.4) is 0 Å². The van der Waals surface area contributed by atoms with Gasteiger partial charge in [0.05, 0.1) is 17.9 Å². The third kappa shape index (κ3) is 2.41. The fourth-order valence-electron chi connectivity index (χ4n) is 1.21. The number of benzene rings is 1. The van der Waals surface area contributed by atoms with Crippen LogP contribution in [0.15, 0.2) is 35.1 Å². The van der Waals surface area contributed by atoms with E-state index in [1.54, 1.807) is 18.2 Å². The monoisotopic (exact) mass is 223 g/mol. The number of aromatic nitrogens is 1. The Morgan fingerprint density at radius 3 is 2.93 bits per heavy atom. The van der Waals surface area contributed by atoms with Crippen LogP contribution in [-0.2, 0) is 6.54 Å². The number of nitrogen functional groups attached to an aromatic ring is 1. The van der Waals surface area contributed by atoms with Crippen LogP contribution in [0.2, 0.25) is 5.02 Å². The molecule has 0 fully saturated rings. The lowest BCUT2D eigenvalue weighted by atomic mass is 10.2. The minimum absolute atomic E-state index is 0.572. The third-order valence-corrected chi connectivity index (χ3v) is 2.20. The molecule has 15 heavy (non-hydrogen) atoms. The highest BCUT2D eigenvalue weighted by molar-refractivity contribution is 6.31. The largest absolute Gasteiger partial charge is 0.397 e. The predicted octanol–water partition coefficient (Wildman–Crippen LogP) is 2.52. The third-order valence-electron chi connectivity index (χ3n) is 1.96. The lowest BCUT2D eigenvalue weighted by Gasteiger charge is -2.07. The van der Waals surface area contributed by atoms with Crippen molar-refractivity contribution in [1.29, 1.82) is 0 Å². The molecule has 0 aliphatic carbocycles. The molecule has 3 N–H and O–H groups in total. The van der Waals surface area contributed by atoms with Gasteiger partial charge in [-0.2, -0.15) is 0 Å². The summed E-state index contributed by atoms with van der Waals surface area (Å²) in [6.45, 7) is 0.572. The molecule has 0 amide bonds. The second-order valence-corrected chi connectivity index (χ2v) is 3.51. The molecule has 0 atom stereocenters. The maximum absolute atomic E-state index is 5.78. The molecule has 0 saturated heterocycles. The van der Waals surface area contributed by atoms with Crippen molar-refractivity contribution >= 4 is 23.0 Å². The molecule has 0 aliphatic rings. The van der Waals surface area contributed by atoms with Crippen LogP contribution >= 0.6 is 11.6 Å². The summed E-state index contributed by atoms with van der Waals surface area (Å²) < 4.78 is 4.71. The number of nitrogens with one attached hydrogen (secondary N) is 1. The Balaban J connectivity index is 2.05. The molecule has 0 saturated carbocycles. The van der Waals surface area contributed by atoms with E-state index in [1.165, 1.54) is 6.26 Å². The maximum atomic E-state index is 5.78. The second kappa shape index (κ2) is 4.23. The normalized spacial score (nSPS) is 10.2. The Morgan fingerprint density at radius 2 is 2.27 bits per heavy atom. The summed E-state index contributed by atoms with van der Waals surface area (Å²) in [4.78, 5) is 0. The molecular formula is C10H10ClN3O. The zero-order valence-corrected chi connectivity index (χ0v) is 8.66. The van der Waals surface area contributed by atoms with E-state index in [0.717, 1.165) is 11.4 Å². The number of hydrogen-bond donors (Lipinski definition) is 2. The lowest BCUT2D eigenvalue weighted by molar-refractivity contribution is 0.412. The van der Waals surface area contributed by atoms with E-state index in [9.17, 15) is 0 Å². The quantitative estimate of drug-likeness (QED) is 0.785. The van der Waals surface area contributed by atoms with Crippen molar-refractivity contribution in [2.45, 2.75) is 6.54 Å². The van der Waals surface area contributed by atoms with Crippen molar-refractivity contribution in [2.24, 2.45) is 0 Å². The average Bonchev–Trinajstić information content (AvgIpc) is 2.69. The van der Waals surface area contributed by atoms with Crippen molar-refractivity contribution < 1.29 is 4.52 Å². The Hall–Kier alpha value is -1.68. The van der Waals surface area contributed by atoms with Crippen LogP contribution in [0.4, 0.5) is 11.4 Å². The smallest absolute Gasteiger partial charge is 0.124 e. The molecule has 5 heteroatoms. The zero-order valence-electron chi connectivity index (χ0n) is 7.90. The van der Waals surface area contributed by atoms with E-state index in [1.807, 2.05) is 6.07 Å². The molecule has 1 heterocycles. The van der Waals surface area contributed by atoms with Gasteiger partial charge in [-0.1, -0.05) is 16.8 Å². The predicted molar refractivity (Wildman–Crippen MR) is 59.7 cm³/mol. The highest BCUT2D eigenvalue weighted by atomic mass is 35.5. The van der Waals surface area contributed by atoms with Gasteiger partial charge in [-0.3, -0.25) is 0 Å². The Bertz CT molecular complexity index is 442. The van der Waals surface area contributed by atoms with Crippen LogP contribution < -0.4 is 11.1 Å². The fourth-order valence-corrected chi connectivity index (χ4v) is 1.39. The van der Waals surface area contributed by atoms with Gasteiger partial charge in [-0.05, 0) is 18.2 Å². The van der Waals surface area contributed by atoms with E-state index in [0.29, 0.717) is 17.3 Å². The number of nitrogens with two attached hydrogens (primary N) is 1. The lowest BCUT2D eigenvalue weighted by Crippen LogP contribution is -2.02. The van der Waals surface area contributed by atoms with Crippen LogP contribution in [-0.4, -0.2) is 5.16 Å². The van der Waals surface area contributed by atoms with Crippen molar-refractivity contribution in [3.8, 4) is 0 Å². The van der Waals surface area contributed by atoms with Gasteiger partial charge in [0.15, 0.2) is 0 Å². The summed E-state index contributed by atoms with van der Waals surface area (Å²) >= 11 is 5.78. The molecule has 1 aromatic carbocycles. The van der Waals surface area contributed by atoms with Crippen LogP contribution in [0, 0.1) is 0 Å². The van der Waals surface area contributed by atoms with Crippen LogP contribution in [0.25, 0.3) is 0 Å². The first-order valence-corrected chi connectivity index (χ1v) is 4.81. The highest BCUT2D eigenvalue weighted by Crippen LogP contribution is 2.22. The van der Waals surface area contributed by atoms with Crippen molar-refractivity contribution in [2.75, 3.05) is 11.1 Å². The molecule has 0 spiro atoms. The SMILES string of the molecule is Nc1cc(Cl)ccc1NCc1ccon1. The molecule has 2 rings (SSSR count). The standard InChI is InChI=1S/C10H10ClN3O/c11-7-1-2-10(9(12)5-7)13-6-8-3-4-15-14-8/h1-5,13H,6,12H2. The van der Waals surface area contributed by atoms with Gasteiger partial charge in [-0.15, -0.1) is 0 Å². The molecule has 2 aromatic rings. The summed E-state index contributed by atoms with van der Waals surface area (Å²) in [5.41, 5.74) is 8.05. The van der Waals surface area contributed by atoms with Gasteiger partial charge < -0.3 is 15.6 Å². The molecule has 0 radical (unpaired) electrons. The van der Waals surface area contributed by atoms with Gasteiger partial charge in [0.25, 0.3) is 0 Å². The highest BCUT2D eigenvalue weighted by Gasteiger charge is 2.00. The topological polar surface area (TPSA) is 64.1 Å². The number of rotatable bonds is 3. The van der Waals surface area contributed by atoms with Crippen LogP contribution in [0.1, 0.15) is 5.69 Å². The number of nitrogens with zero attached hydrogens (tertiary/aromatic N) is 1. The number of anilines is 2. The number of halogens is 1. The molecule has 0 unspecified atom stereocenters. The molecular weight excluding hydrogens is 214 g/mol. The second-order valence-electron chi connectivity index (χ2n) is 3.08. The van der Waals surface area contributed by atoms with E-state index >= 15 is 0 Å². The molecule has 0 aliphatic heterocycles. The van der Waals surface area contributed by atoms with Gasteiger partial charge in [0.2, 0.25) is 0 Å². The van der Waals surface area contributed by atoms with Gasteiger partial charge >= 0.3 is 0 Å². The molecule has 78 valence electrons. The minimum Gasteiger partial charge on any atom is -0.397 e. The Kier molecular flexibility index (Phi) is 2.78. The maximum Gasteiger partial charge on any atom is 0.124 e. The van der Waals surface area contributed by atoms with Crippen LogP contribution in [0.5, 0.6) is 0 Å². The summed E-state index contributed by atoms with van der Waals surface area (Å²) in [5.74, 6) is 0. The van der Waals surface area contributed by atoms with Crippen molar-refractivity contribution in [3.05, 3.63) is 41.2 Å². The van der Waals surface area contributed by atoms with Gasteiger partial charge in [-0.25, -0.2) is 0 Å². The molecule has 4 nitrogen and oxygen atoms in total. The van der Waals surface area contributed by atoms with Crippen molar-refractivity contribution in [3.63, 3.8) is 0 Å².